The number of halogens is 4. The van der Waals surface area contributed by atoms with Crippen LogP contribution in [-0.2, 0) is 6.18 Å². The lowest BCUT2D eigenvalue weighted by atomic mass is 9.99. The van der Waals surface area contributed by atoms with E-state index < -0.39 is 28.1 Å². The number of benzene rings is 1. The van der Waals surface area contributed by atoms with Crippen molar-refractivity contribution in [3.63, 3.8) is 0 Å². The van der Waals surface area contributed by atoms with Crippen LogP contribution in [0.25, 0.3) is 0 Å². The summed E-state index contributed by atoms with van der Waals surface area (Å²) in [5, 5.41) is 7.40. The maximum absolute atomic E-state index is 12.6. The second-order valence-electron chi connectivity index (χ2n) is 2.99. The number of alkyl halides is 3. The zero-order valence-electron chi connectivity index (χ0n) is 8.01. The Bertz CT molecular complexity index is 532. The molecule has 0 amide bonds. The minimum Gasteiger partial charge on any atom is -0.298 e. The van der Waals surface area contributed by atoms with Crippen molar-refractivity contribution in [2.45, 2.75) is 6.18 Å². The van der Waals surface area contributed by atoms with Crippen molar-refractivity contribution in [1.82, 2.24) is 0 Å². The Morgan fingerprint density at radius 1 is 1.41 bits per heavy atom. The van der Waals surface area contributed by atoms with E-state index in [0.717, 1.165) is 6.07 Å². The Kier molecular flexibility index (Phi) is 3.53. The monoisotopic (exact) mass is 261 g/mol. The van der Waals surface area contributed by atoms with Gasteiger partial charge in [0, 0.05) is 5.56 Å². The fraction of sp³-hybridized carbons (Fsp3) is 0.100. The molecule has 7 heteroatoms. The smallest absolute Gasteiger partial charge is 0.298 e. The second-order valence-corrected chi connectivity index (χ2v) is 3.34. The highest BCUT2D eigenvalue weighted by Gasteiger charge is 2.36. The van der Waals surface area contributed by atoms with Gasteiger partial charge in [0.25, 0.3) is 5.24 Å². The Hall–Kier alpha value is -1.87. The quantitative estimate of drug-likeness (QED) is 0.607. The van der Waals surface area contributed by atoms with E-state index >= 15 is 0 Å². The molecule has 0 unspecified atom stereocenters. The Morgan fingerprint density at radius 3 is 2.35 bits per heavy atom. The zero-order chi connectivity index (χ0) is 13.2. The maximum atomic E-state index is 12.6. The van der Waals surface area contributed by atoms with E-state index in [0.29, 0.717) is 6.07 Å². The van der Waals surface area contributed by atoms with Gasteiger partial charge < -0.3 is 0 Å². The molecule has 0 fully saturated rings. The summed E-state index contributed by atoms with van der Waals surface area (Å²) in [4.78, 5) is 21.4. The summed E-state index contributed by atoms with van der Waals surface area (Å²) in [7, 11) is 0. The van der Waals surface area contributed by atoms with Crippen LogP contribution in [0, 0.1) is 11.3 Å². The van der Waals surface area contributed by atoms with Gasteiger partial charge in [-0.3, -0.25) is 9.59 Å². The molecule has 0 aromatic heterocycles. The number of carbonyl (C=O) groups is 2. The van der Waals surface area contributed by atoms with Gasteiger partial charge in [-0.25, -0.2) is 0 Å². The minimum absolute atomic E-state index is 0.139. The van der Waals surface area contributed by atoms with Crippen molar-refractivity contribution in [1.29, 1.82) is 5.26 Å². The number of rotatable bonds is 2. The molecule has 0 N–H and O–H groups in total. The van der Waals surface area contributed by atoms with Gasteiger partial charge in [0.15, 0.2) is 0 Å². The van der Waals surface area contributed by atoms with Crippen LogP contribution in [0.5, 0.6) is 0 Å². The average molecular weight is 262 g/mol. The van der Waals surface area contributed by atoms with Gasteiger partial charge >= 0.3 is 6.18 Å². The maximum Gasteiger partial charge on any atom is 0.417 e. The molecule has 0 saturated heterocycles. The first-order chi connectivity index (χ1) is 7.81. The molecule has 1 aromatic carbocycles. The molecule has 0 heterocycles. The highest BCUT2D eigenvalue weighted by atomic mass is 35.5. The van der Waals surface area contributed by atoms with Crippen molar-refractivity contribution >= 4 is 23.1 Å². The van der Waals surface area contributed by atoms with Gasteiger partial charge in [0.1, 0.15) is 12.4 Å². The van der Waals surface area contributed by atoms with Crippen LogP contribution < -0.4 is 0 Å². The van der Waals surface area contributed by atoms with Crippen LogP contribution >= 0.6 is 11.6 Å². The van der Waals surface area contributed by atoms with Crippen molar-refractivity contribution in [2.75, 3.05) is 0 Å². The van der Waals surface area contributed by atoms with Gasteiger partial charge in [-0.05, 0) is 23.7 Å². The molecule has 0 radical (unpaired) electrons. The fourth-order valence-electron chi connectivity index (χ4n) is 1.23. The van der Waals surface area contributed by atoms with Crippen LogP contribution in [0.4, 0.5) is 13.2 Å². The van der Waals surface area contributed by atoms with Gasteiger partial charge in [0.05, 0.1) is 16.7 Å². The topological polar surface area (TPSA) is 57.9 Å². The largest absolute Gasteiger partial charge is 0.417 e. The van der Waals surface area contributed by atoms with Gasteiger partial charge in [-0.1, -0.05) is 0 Å². The van der Waals surface area contributed by atoms with Gasteiger partial charge in [-0.2, -0.15) is 18.4 Å². The fourth-order valence-corrected chi connectivity index (χ4v) is 1.38. The van der Waals surface area contributed by atoms with Crippen LogP contribution in [0.2, 0.25) is 0 Å². The molecule has 3 nitrogen and oxygen atoms in total. The average Bonchev–Trinajstić information content (AvgIpc) is 2.25. The van der Waals surface area contributed by atoms with Crippen molar-refractivity contribution in [3.05, 3.63) is 34.4 Å². The van der Waals surface area contributed by atoms with Crippen molar-refractivity contribution in [3.8, 4) is 6.07 Å². The van der Waals surface area contributed by atoms with Crippen LogP contribution in [0.1, 0.15) is 31.8 Å². The molecular weight excluding hydrogens is 259 g/mol. The molecule has 0 bridgehead atoms. The number of hydrogen-bond donors (Lipinski definition) is 0. The third-order valence-electron chi connectivity index (χ3n) is 1.93. The lowest BCUT2D eigenvalue weighted by molar-refractivity contribution is -0.137. The minimum atomic E-state index is -4.84. The van der Waals surface area contributed by atoms with E-state index in [4.69, 9.17) is 16.9 Å². The number of nitrogens with zero attached hydrogens (tertiary/aromatic N) is 1. The first kappa shape index (κ1) is 13.2. The predicted octanol–water partition coefficient (Wildman–Crippen LogP) is 2.77. The standard InChI is InChI=1S/C10H3ClF3NO2/c11-9(17)6-1-5(4-16)2-8(7(6)3-15)10(12,13)14/h1-2,4H. The molecule has 0 spiro atoms. The first-order valence-electron chi connectivity index (χ1n) is 4.11. The Labute approximate surface area is 98.4 Å². The van der Waals surface area contributed by atoms with Crippen molar-refractivity contribution in [2.24, 2.45) is 0 Å². The molecule has 88 valence electrons. The lowest BCUT2D eigenvalue weighted by Crippen LogP contribution is -2.12. The summed E-state index contributed by atoms with van der Waals surface area (Å²) in [5.74, 6) is 0. The van der Waals surface area contributed by atoms with Crippen LogP contribution in [-0.4, -0.2) is 11.5 Å². The van der Waals surface area contributed by atoms with Gasteiger partial charge in [-0.15, -0.1) is 0 Å². The molecule has 1 rings (SSSR count). The summed E-state index contributed by atoms with van der Waals surface area (Å²) in [6, 6.07) is 2.60. The number of carbonyl (C=O) groups excluding carboxylic acids is 2. The summed E-state index contributed by atoms with van der Waals surface area (Å²) >= 11 is 5.06. The molecule has 0 atom stereocenters. The van der Waals surface area contributed by atoms with E-state index in [2.05, 4.69) is 0 Å². The molecular formula is C10H3ClF3NO2. The van der Waals surface area contributed by atoms with Crippen molar-refractivity contribution < 1.29 is 22.8 Å². The third kappa shape index (κ3) is 2.63. The first-order valence-corrected chi connectivity index (χ1v) is 4.49. The van der Waals surface area contributed by atoms with E-state index in [-0.39, 0.29) is 11.8 Å². The van der Waals surface area contributed by atoms with Gasteiger partial charge in [0.2, 0.25) is 0 Å². The molecule has 0 saturated carbocycles. The summed E-state index contributed by atoms with van der Waals surface area (Å²) in [5.41, 5.74) is -3.25. The van der Waals surface area contributed by atoms with E-state index in [1.54, 1.807) is 0 Å². The summed E-state index contributed by atoms with van der Waals surface area (Å²) in [6.45, 7) is 0. The molecule has 0 aliphatic rings. The molecule has 0 aliphatic carbocycles. The molecule has 0 aliphatic heterocycles. The third-order valence-corrected chi connectivity index (χ3v) is 2.13. The Morgan fingerprint density at radius 2 is 2.00 bits per heavy atom. The SMILES string of the molecule is N#Cc1c(C(=O)Cl)cc(C=O)cc1C(F)(F)F. The summed E-state index contributed by atoms with van der Waals surface area (Å²) in [6.07, 6.45) is -4.70. The number of hydrogen-bond acceptors (Lipinski definition) is 3. The van der Waals surface area contributed by atoms with E-state index in [9.17, 15) is 22.8 Å². The second kappa shape index (κ2) is 4.55. The normalized spacial score (nSPS) is 10.8. The lowest BCUT2D eigenvalue weighted by Gasteiger charge is -2.11. The molecule has 17 heavy (non-hydrogen) atoms. The number of nitriles is 1. The van der Waals surface area contributed by atoms with E-state index in [1.807, 2.05) is 0 Å². The van der Waals surface area contributed by atoms with Crippen LogP contribution in [0.15, 0.2) is 12.1 Å². The highest BCUT2D eigenvalue weighted by molar-refractivity contribution is 6.68. The van der Waals surface area contributed by atoms with E-state index in [1.165, 1.54) is 6.07 Å². The highest BCUT2D eigenvalue weighted by Crippen LogP contribution is 2.34. The Balaban J connectivity index is 3.70. The summed E-state index contributed by atoms with van der Waals surface area (Å²) < 4.78 is 37.7. The number of aldehydes is 1. The molecule has 1 aromatic rings. The van der Waals surface area contributed by atoms with Crippen LogP contribution in [0.3, 0.4) is 0 Å². The zero-order valence-corrected chi connectivity index (χ0v) is 8.76. The predicted molar refractivity (Wildman–Crippen MR) is 51.7 cm³/mol.